The monoisotopic (exact) mass is 466 g/mol. The molecule has 35 heavy (non-hydrogen) atoms. The Morgan fingerprint density at radius 1 is 0.857 bits per heavy atom. The molecule has 0 aromatic heterocycles. The van der Waals surface area contributed by atoms with Crippen molar-refractivity contribution in [1.29, 1.82) is 0 Å². The van der Waals surface area contributed by atoms with Gasteiger partial charge in [0.15, 0.2) is 0 Å². The van der Waals surface area contributed by atoms with Crippen molar-refractivity contribution < 1.29 is 4.39 Å². The molecule has 0 saturated heterocycles. The average molecular weight is 467 g/mol. The number of unbranched alkanes of at least 4 members (excludes halogenated alkanes) is 1. The van der Waals surface area contributed by atoms with E-state index in [1.165, 1.54) is 50.5 Å². The SMILES string of the molecule is C=CCCC1CCC(CCc2ccc3cc(C#Cc4ccc(CCCC)cc4)ccc3c2F)CC1. The maximum absolute atomic E-state index is 15.3. The number of rotatable bonds is 9. The quantitative estimate of drug-likeness (QED) is 0.218. The molecule has 0 nitrogen and oxygen atoms in total. The Morgan fingerprint density at radius 3 is 2.26 bits per heavy atom. The van der Waals surface area contributed by atoms with Crippen LogP contribution in [0.15, 0.2) is 67.3 Å². The van der Waals surface area contributed by atoms with Crippen LogP contribution in [0.2, 0.25) is 0 Å². The molecule has 0 heterocycles. The van der Waals surface area contributed by atoms with E-state index in [-0.39, 0.29) is 5.82 Å². The van der Waals surface area contributed by atoms with E-state index in [0.717, 1.165) is 59.6 Å². The summed E-state index contributed by atoms with van der Waals surface area (Å²) in [5.41, 5.74) is 4.16. The van der Waals surface area contributed by atoms with Gasteiger partial charge in [0, 0.05) is 16.5 Å². The summed E-state index contributed by atoms with van der Waals surface area (Å²) in [5, 5.41) is 1.64. The van der Waals surface area contributed by atoms with E-state index >= 15 is 4.39 Å². The lowest BCUT2D eigenvalue weighted by Gasteiger charge is -2.28. The molecule has 0 unspecified atom stereocenters. The number of benzene rings is 3. The molecule has 0 bridgehead atoms. The number of hydrogen-bond acceptors (Lipinski definition) is 0. The predicted molar refractivity (Wildman–Crippen MR) is 148 cm³/mol. The molecule has 0 spiro atoms. The first-order valence-corrected chi connectivity index (χ1v) is 13.6. The van der Waals surface area contributed by atoms with Crippen molar-refractivity contribution in [3.05, 3.63) is 95.3 Å². The van der Waals surface area contributed by atoms with Gasteiger partial charge in [0.1, 0.15) is 5.82 Å². The van der Waals surface area contributed by atoms with Crippen LogP contribution in [0.1, 0.15) is 87.0 Å². The van der Waals surface area contributed by atoms with Gasteiger partial charge in [0.25, 0.3) is 0 Å². The average Bonchev–Trinajstić information content (AvgIpc) is 2.90. The molecule has 1 fully saturated rings. The van der Waals surface area contributed by atoms with Crippen molar-refractivity contribution in [2.24, 2.45) is 11.8 Å². The molecule has 1 aliphatic rings. The molecule has 0 aliphatic heterocycles. The largest absolute Gasteiger partial charge is 0.206 e. The highest BCUT2D eigenvalue weighted by atomic mass is 19.1. The van der Waals surface area contributed by atoms with Gasteiger partial charge in [-0.25, -0.2) is 4.39 Å². The Hall–Kier alpha value is -2.85. The number of fused-ring (bicyclic) bond motifs is 1. The summed E-state index contributed by atoms with van der Waals surface area (Å²) in [7, 11) is 0. The van der Waals surface area contributed by atoms with Crippen molar-refractivity contribution in [2.75, 3.05) is 0 Å². The van der Waals surface area contributed by atoms with Crippen molar-refractivity contribution in [3.8, 4) is 11.8 Å². The molecular weight excluding hydrogens is 427 g/mol. The van der Waals surface area contributed by atoms with Crippen LogP contribution in [0, 0.1) is 29.5 Å². The third kappa shape index (κ3) is 7.08. The molecule has 182 valence electrons. The fourth-order valence-electron chi connectivity index (χ4n) is 5.41. The molecule has 0 atom stereocenters. The zero-order valence-corrected chi connectivity index (χ0v) is 21.3. The van der Waals surface area contributed by atoms with Crippen LogP contribution in [0.25, 0.3) is 10.8 Å². The molecule has 3 aromatic carbocycles. The molecule has 4 rings (SSSR count). The highest BCUT2D eigenvalue weighted by Gasteiger charge is 2.21. The van der Waals surface area contributed by atoms with E-state index in [9.17, 15) is 0 Å². The Labute approximate surface area is 211 Å². The van der Waals surface area contributed by atoms with Gasteiger partial charge in [-0.2, -0.15) is 0 Å². The normalized spacial score (nSPS) is 17.7. The van der Waals surface area contributed by atoms with Gasteiger partial charge in [0.05, 0.1) is 0 Å². The van der Waals surface area contributed by atoms with Gasteiger partial charge < -0.3 is 0 Å². The standard InChI is InChI=1S/C34H39F/c1-3-5-7-26-9-13-28(14-10-26)17-18-30-20-24-33-32(25-30)23-22-31(34(33)35)21-19-29-15-11-27(12-16-29)8-6-4-2/h4,9-10,13-14,20,22-25,27,29H,2-3,5-8,11-12,15-16,19,21H2,1H3. The van der Waals surface area contributed by atoms with Gasteiger partial charge in [-0.15, -0.1) is 6.58 Å². The molecule has 3 aromatic rings. The van der Waals surface area contributed by atoms with Crippen molar-refractivity contribution in [2.45, 2.75) is 77.6 Å². The van der Waals surface area contributed by atoms with Gasteiger partial charge >= 0.3 is 0 Å². The summed E-state index contributed by atoms with van der Waals surface area (Å²) in [5.74, 6) is 8.07. The molecule has 1 heteroatoms. The van der Waals surface area contributed by atoms with Crippen molar-refractivity contribution in [3.63, 3.8) is 0 Å². The maximum atomic E-state index is 15.3. The minimum Gasteiger partial charge on any atom is -0.206 e. The van der Waals surface area contributed by atoms with E-state index in [4.69, 9.17) is 0 Å². The number of allylic oxidation sites excluding steroid dienone is 1. The van der Waals surface area contributed by atoms with E-state index in [2.05, 4.69) is 55.7 Å². The summed E-state index contributed by atoms with van der Waals surface area (Å²) in [4.78, 5) is 0. The van der Waals surface area contributed by atoms with E-state index in [1.54, 1.807) is 0 Å². The summed E-state index contributed by atoms with van der Waals surface area (Å²) in [6.07, 6.45) is 15.2. The van der Waals surface area contributed by atoms with Crippen LogP contribution < -0.4 is 0 Å². The lowest BCUT2D eigenvalue weighted by atomic mass is 9.78. The highest BCUT2D eigenvalue weighted by molar-refractivity contribution is 5.85. The second-order valence-electron chi connectivity index (χ2n) is 10.3. The first kappa shape index (κ1) is 25.2. The molecular formula is C34H39F. The summed E-state index contributed by atoms with van der Waals surface area (Å²) in [6.45, 7) is 6.06. The highest BCUT2D eigenvalue weighted by Crippen LogP contribution is 2.34. The second-order valence-corrected chi connectivity index (χ2v) is 10.3. The second kappa shape index (κ2) is 12.7. The number of aryl methyl sites for hydroxylation is 2. The summed E-state index contributed by atoms with van der Waals surface area (Å²) < 4.78 is 15.3. The van der Waals surface area contributed by atoms with E-state index in [1.807, 2.05) is 30.3 Å². The van der Waals surface area contributed by atoms with Gasteiger partial charge in [-0.3, -0.25) is 0 Å². The Bertz CT molecular complexity index is 1170. The smallest absolute Gasteiger partial charge is 0.134 e. The first-order valence-electron chi connectivity index (χ1n) is 13.6. The zero-order chi connectivity index (χ0) is 24.5. The number of halogens is 1. The molecule has 0 radical (unpaired) electrons. The lowest BCUT2D eigenvalue weighted by molar-refractivity contribution is 0.254. The van der Waals surface area contributed by atoms with Gasteiger partial charge in [-0.05, 0) is 91.1 Å². The Kier molecular flexibility index (Phi) is 9.19. The lowest BCUT2D eigenvalue weighted by Crippen LogP contribution is -2.15. The molecule has 1 saturated carbocycles. The third-order valence-electron chi connectivity index (χ3n) is 7.73. The first-order chi connectivity index (χ1) is 17.2. The molecule has 0 amide bonds. The molecule has 0 N–H and O–H groups in total. The van der Waals surface area contributed by atoms with Crippen molar-refractivity contribution >= 4 is 10.8 Å². The maximum Gasteiger partial charge on any atom is 0.134 e. The third-order valence-corrected chi connectivity index (χ3v) is 7.73. The topological polar surface area (TPSA) is 0 Å². The summed E-state index contributed by atoms with van der Waals surface area (Å²) in [6, 6.07) is 18.4. The fourth-order valence-corrected chi connectivity index (χ4v) is 5.41. The zero-order valence-electron chi connectivity index (χ0n) is 21.3. The Balaban J connectivity index is 1.36. The molecule has 1 aliphatic carbocycles. The minimum absolute atomic E-state index is 0.0515. The van der Waals surface area contributed by atoms with Crippen molar-refractivity contribution in [1.82, 2.24) is 0 Å². The van der Waals surface area contributed by atoms with Gasteiger partial charge in [-0.1, -0.05) is 87.3 Å². The van der Waals surface area contributed by atoms with Crippen LogP contribution >= 0.6 is 0 Å². The van der Waals surface area contributed by atoms with E-state index in [0.29, 0.717) is 5.39 Å². The van der Waals surface area contributed by atoms with Crippen LogP contribution in [0.3, 0.4) is 0 Å². The minimum atomic E-state index is -0.0515. The number of hydrogen-bond donors (Lipinski definition) is 0. The predicted octanol–water partition coefficient (Wildman–Crippen LogP) is 9.43. The van der Waals surface area contributed by atoms with Crippen LogP contribution in [0.4, 0.5) is 4.39 Å². The van der Waals surface area contributed by atoms with Gasteiger partial charge in [0.2, 0.25) is 0 Å². The fraction of sp³-hybridized carbons (Fsp3) is 0.412. The van der Waals surface area contributed by atoms with Crippen LogP contribution in [-0.4, -0.2) is 0 Å². The van der Waals surface area contributed by atoms with Crippen LogP contribution in [-0.2, 0) is 12.8 Å². The summed E-state index contributed by atoms with van der Waals surface area (Å²) >= 11 is 0. The Morgan fingerprint density at radius 2 is 1.54 bits per heavy atom. The van der Waals surface area contributed by atoms with Crippen LogP contribution in [0.5, 0.6) is 0 Å². The van der Waals surface area contributed by atoms with E-state index < -0.39 is 0 Å².